The summed E-state index contributed by atoms with van der Waals surface area (Å²) in [4.78, 5) is 0. The summed E-state index contributed by atoms with van der Waals surface area (Å²) in [5.41, 5.74) is 5.43. The summed E-state index contributed by atoms with van der Waals surface area (Å²) in [7, 11) is 0. The molecule has 0 atom stereocenters. The molecule has 2 aliphatic carbocycles. The molecule has 0 aromatic heterocycles. The second kappa shape index (κ2) is 10.3. The molecule has 4 heteroatoms. The van der Waals surface area contributed by atoms with Gasteiger partial charge in [0.2, 0.25) is 0 Å². The minimum atomic E-state index is -3.76. The Morgan fingerprint density at radius 2 is 0.939 bits per heavy atom. The second-order valence-corrected chi connectivity index (χ2v) is 44.8. The first-order valence-electron chi connectivity index (χ1n) is 11.1. The molecule has 0 saturated carbocycles. The van der Waals surface area contributed by atoms with Gasteiger partial charge in [-0.25, -0.2) is 0 Å². The maximum atomic E-state index is 2.66. The average molecular weight is 656 g/mol. The fourth-order valence-electron chi connectivity index (χ4n) is 5.12. The van der Waals surface area contributed by atoms with Crippen LogP contribution in [0.2, 0.25) is 4.68 Å². The second-order valence-electron chi connectivity index (χ2n) is 9.17. The van der Waals surface area contributed by atoms with E-state index in [0.717, 1.165) is 12.8 Å². The molecule has 0 bridgehead atoms. The normalized spacial score (nSPS) is 15.5. The van der Waals surface area contributed by atoms with Crippen LogP contribution in [-0.4, -0.2) is 6.94 Å². The molecule has 168 valence electrons. The monoisotopic (exact) mass is 656 g/mol. The van der Waals surface area contributed by atoms with Crippen LogP contribution in [0.25, 0.3) is 11.1 Å². The van der Waals surface area contributed by atoms with Crippen LogP contribution >= 0.6 is 24.8 Å². The third-order valence-corrected chi connectivity index (χ3v) is 39.8. The van der Waals surface area contributed by atoms with Gasteiger partial charge in [-0.05, 0) is 0 Å². The SMILES string of the molecule is Cl.Cl.[CH3][Hf](=[SiH2])([C]1=CC(c2ccccc2)=CC1)([C]1=CC(c2ccccc2)=CC1)[c]1ccccc1. The van der Waals surface area contributed by atoms with Crippen LogP contribution in [-0.2, 0) is 17.1 Å². The van der Waals surface area contributed by atoms with E-state index >= 15 is 0 Å². The van der Waals surface area contributed by atoms with Gasteiger partial charge in [-0.15, -0.1) is 24.8 Å². The zero-order valence-electron chi connectivity index (χ0n) is 18.9. The fourth-order valence-corrected chi connectivity index (χ4v) is 27.8. The van der Waals surface area contributed by atoms with Crippen LogP contribution in [0.15, 0.2) is 122 Å². The molecule has 0 amide bonds. The van der Waals surface area contributed by atoms with Crippen molar-refractivity contribution in [3.8, 4) is 0 Å². The van der Waals surface area contributed by atoms with Gasteiger partial charge in [-0.3, -0.25) is 0 Å². The van der Waals surface area contributed by atoms with E-state index in [2.05, 4.69) is 127 Å². The van der Waals surface area contributed by atoms with E-state index in [1.807, 2.05) is 0 Å². The molecule has 0 spiro atoms. The van der Waals surface area contributed by atoms with Gasteiger partial charge in [0.1, 0.15) is 0 Å². The van der Waals surface area contributed by atoms with Gasteiger partial charge in [0.25, 0.3) is 0 Å². The first-order valence-corrected chi connectivity index (χ1v) is 28.4. The third kappa shape index (κ3) is 4.64. The zero-order chi connectivity index (χ0) is 21.3. The Kier molecular flexibility index (Phi) is 8.06. The van der Waals surface area contributed by atoms with Crippen molar-refractivity contribution in [3.63, 3.8) is 0 Å². The standard InChI is InChI=1S/2C11H9.C6H5.CH3.2ClH.Hf.H2Si/c2*1-2-6-10(7-3-1)11-8-4-5-9-11;1-2-4-6-5-3-1;;;;;/h2*1-3,6-9H,4H2;1-5H;1H3;2*1H;;1H2. The predicted molar refractivity (Wildman–Crippen MR) is 149 cm³/mol. The van der Waals surface area contributed by atoms with E-state index in [4.69, 9.17) is 0 Å². The van der Waals surface area contributed by atoms with Crippen LogP contribution in [0.5, 0.6) is 0 Å². The van der Waals surface area contributed by atoms with Crippen molar-refractivity contribution in [2.75, 3.05) is 0 Å². The Hall–Kier alpha value is -1.71. The summed E-state index contributed by atoms with van der Waals surface area (Å²) >= 11 is -3.76. The molecule has 0 aliphatic heterocycles. The Balaban J connectivity index is 0.00000153. The van der Waals surface area contributed by atoms with Gasteiger partial charge >= 0.3 is 189 Å². The van der Waals surface area contributed by atoms with Crippen molar-refractivity contribution in [1.29, 1.82) is 0 Å². The molecule has 3 aromatic carbocycles. The Labute approximate surface area is 212 Å². The fraction of sp³-hybridized carbons (Fsp3) is 0.103. The van der Waals surface area contributed by atoms with Crippen LogP contribution in [0.1, 0.15) is 24.0 Å². The van der Waals surface area contributed by atoms with Gasteiger partial charge in [0.05, 0.1) is 0 Å². The van der Waals surface area contributed by atoms with Crippen molar-refractivity contribution in [2.24, 2.45) is 0 Å². The van der Waals surface area contributed by atoms with E-state index in [9.17, 15) is 0 Å². The van der Waals surface area contributed by atoms with Crippen molar-refractivity contribution < 1.29 is 17.1 Å². The minimum absolute atomic E-state index is 0. The van der Waals surface area contributed by atoms with Crippen molar-refractivity contribution in [1.82, 2.24) is 0 Å². The maximum absolute atomic E-state index is 3.76. The molecule has 2 aliphatic rings. The van der Waals surface area contributed by atoms with Gasteiger partial charge in [0.15, 0.2) is 0 Å². The summed E-state index contributed by atoms with van der Waals surface area (Å²) in [6.07, 6.45) is 12.1. The number of allylic oxidation sites excluding steroid dienone is 8. The molecular formula is C29H30Cl2HfSi. The molecule has 5 rings (SSSR count). The number of rotatable bonds is 5. The van der Waals surface area contributed by atoms with Crippen molar-refractivity contribution in [3.05, 3.63) is 133 Å². The molecular weight excluding hydrogens is 626 g/mol. The Bertz CT molecular complexity index is 1240. The summed E-state index contributed by atoms with van der Waals surface area (Å²) in [6.45, 7) is 2.36. The molecule has 0 saturated heterocycles. The average Bonchev–Trinajstić information content (AvgIpc) is 3.53. The predicted octanol–water partition coefficient (Wildman–Crippen LogP) is 7.18. The van der Waals surface area contributed by atoms with E-state index < -0.39 is 17.1 Å². The molecule has 33 heavy (non-hydrogen) atoms. The Morgan fingerprint density at radius 1 is 0.576 bits per heavy atom. The van der Waals surface area contributed by atoms with Gasteiger partial charge in [0, 0.05) is 0 Å². The number of benzene rings is 3. The van der Waals surface area contributed by atoms with Crippen molar-refractivity contribution in [2.45, 2.75) is 17.5 Å². The molecule has 3 aromatic rings. The summed E-state index contributed by atoms with van der Waals surface area (Å²) < 4.78 is 7.62. The van der Waals surface area contributed by atoms with Gasteiger partial charge in [-0.2, -0.15) is 0 Å². The molecule has 0 N–H and O–H groups in total. The van der Waals surface area contributed by atoms with Crippen LogP contribution < -0.4 is 3.32 Å². The number of hydrogen-bond acceptors (Lipinski definition) is 0. The molecule has 0 nitrogen and oxygen atoms in total. The molecule has 0 heterocycles. The van der Waals surface area contributed by atoms with Crippen LogP contribution in [0.3, 0.4) is 0 Å². The topological polar surface area (TPSA) is 0 Å². The summed E-state index contributed by atoms with van der Waals surface area (Å²) in [5.74, 6) is 0. The van der Waals surface area contributed by atoms with Crippen LogP contribution in [0, 0.1) is 0 Å². The zero-order valence-corrected chi connectivity index (χ0v) is 25.5. The van der Waals surface area contributed by atoms with Gasteiger partial charge in [-0.1, -0.05) is 0 Å². The molecule has 0 radical (unpaired) electrons. The van der Waals surface area contributed by atoms with E-state index in [1.165, 1.54) is 22.3 Å². The summed E-state index contributed by atoms with van der Waals surface area (Å²) in [6, 6.07) is 33.1. The quantitative estimate of drug-likeness (QED) is 0.256. The first-order chi connectivity index (χ1) is 15.1. The molecule has 0 fully saturated rings. The first kappa shape index (κ1) is 25.9. The van der Waals surface area contributed by atoms with Crippen LogP contribution in [0.4, 0.5) is 0 Å². The third-order valence-electron chi connectivity index (χ3n) is 7.25. The molecule has 0 unspecified atom stereocenters. The van der Waals surface area contributed by atoms with E-state index in [-0.39, 0.29) is 24.8 Å². The number of hydrogen-bond donors (Lipinski definition) is 0. The van der Waals surface area contributed by atoms with Crippen molar-refractivity contribution >= 4 is 46.2 Å². The summed E-state index contributed by atoms with van der Waals surface area (Å²) in [5, 5.41) is 0. The number of halogens is 2. The van der Waals surface area contributed by atoms with E-state index in [0.29, 0.717) is 0 Å². The van der Waals surface area contributed by atoms with Gasteiger partial charge < -0.3 is 0 Å². The van der Waals surface area contributed by atoms with E-state index in [1.54, 1.807) is 9.98 Å². The Morgan fingerprint density at radius 3 is 1.33 bits per heavy atom.